The van der Waals surface area contributed by atoms with Crippen LogP contribution in [0.25, 0.3) is 0 Å². The highest BCUT2D eigenvalue weighted by molar-refractivity contribution is 7.89. The lowest BCUT2D eigenvalue weighted by Crippen LogP contribution is -2.33. The molecule has 0 spiro atoms. The van der Waals surface area contributed by atoms with Gasteiger partial charge in [-0.1, -0.05) is 12.1 Å². The number of rotatable bonds is 3. The molecule has 1 saturated heterocycles. The standard InChI is InChI=1S/C11H16BNO4S/c1-9-4-5-10(12(14)15)8-11(9)18(16,17)13-6-2-3-7-13/h4-5,8,14-15H,2-3,6-7H2,1H3. The molecule has 1 aromatic rings. The maximum Gasteiger partial charge on any atom is 0.488 e. The van der Waals surface area contributed by atoms with Gasteiger partial charge in [-0.3, -0.25) is 0 Å². The fourth-order valence-electron chi connectivity index (χ4n) is 2.12. The van der Waals surface area contributed by atoms with Crippen molar-refractivity contribution in [1.82, 2.24) is 4.31 Å². The molecule has 1 aliphatic heterocycles. The summed E-state index contributed by atoms with van der Waals surface area (Å²) < 4.78 is 26.2. The number of sulfonamides is 1. The molecule has 2 N–H and O–H groups in total. The molecule has 0 unspecified atom stereocenters. The van der Waals surface area contributed by atoms with E-state index < -0.39 is 17.1 Å². The minimum Gasteiger partial charge on any atom is -0.423 e. The van der Waals surface area contributed by atoms with Crippen molar-refractivity contribution in [2.75, 3.05) is 13.1 Å². The molecule has 0 saturated carbocycles. The van der Waals surface area contributed by atoms with Gasteiger partial charge in [-0.15, -0.1) is 0 Å². The van der Waals surface area contributed by atoms with Crippen LogP contribution in [-0.2, 0) is 10.0 Å². The fourth-order valence-corrected chi connectivity index (χ4v) is 3.90. The lowest BCUT2D eigenvalue weighted by atomic mass is 9.80. The van der Waals surface area contributed by atoms with Gasteiger partial charge in [0.25, 0.3) is 0 Å². The van der Waals surface area contributed by atoms with Crippen LogP contribution in [0.2, 0.25) is 0 Å². The highest BCUT2D eigenvalue weighted by Crippen LogP contribution is 2.22. The molecule has 98 valence electrons. The third-order valence-electron chi connectivity index (χ3n) is 3.19. The first-order valence-electron chi connectivity index (χ1n) is 5.90. The molecule has 1 aromatic carbocycles. The molecule has 5 nitrogen and oxygen atoms in total. The second-order valence-electron chi connectivity index (χ2n) is 4.51. The lowest BCUT2D eigenvalue weighted by molar-refractivity contribution is 0.425. The Bertz CT molecular complexity index is 538. The Morgan fingerprint density at radius 3 is 2.39 bits per heavy atom. The van der Waals surface area contributed by atoms with Crippen molar-refractivity contribution in [3.05, 3.63) is 23.8 Å². The van der Waals surface area contributed by atoms with Gasteiger partial charge in [0.1, 0.15) is 0 Å². The topological polar surface area (TPSA) is 77.8 Å². The van der Waals surface area contributed by atoms with E-state index >= 15 is 0 Å². The van der Waals surface area contributed by atoms with E-state index in [-0.39, 0.29) is 10.4 Å². The molecule has 18 heavy (non-hydrogen) atoms. The van der Waals surface area contributed by atoms with Gasteiger partial charge >= 0.3 is 7.12 Å². The van der Waals surface area contributed by atoms with Crippen LogP contribution in [0.4, 0.5) is 0 Å². The average molecular weight is 269 g/mol. The van der Waals surface area contributed by atoms with Crippen LogP contribution in [0.3, 0.4) is 0 Å². The van der Waals surface area contributed by atoms with E-state index in [1.54, 1.807) is 13.0 Å². The van der Waals surface area contributed by atoms with Gasteiger partial charge in [-0.25, -0.2) is 8.42 Å². The van der Waals surface area contributed by atoms with Crippen LogP contribution >= 0.6 is 0 Å². The van der Waals surface area contributed by atoms with Crippen LogP contribution in [-0.4, -0.2) is 43.0 Å². The van der Waals surface area contributed by atoms with E-state index in [1.165, 1.54) is 16.4 Å². The molecule has 1 aliphatic rings. The molecular weight excluding hydrogens is 253 g/mol. The van der Waals surface area contributed by atoms with Gasteiger partial charge in [-0.2, -0.15) is 4.31 Å². The number of aryl methyl sites for hydroxylation is 1. The van der Waals surface area contributed by atoms with Crippen molar-refractivity contribution in [2.45, 2.75) is 24.7 Å². The normalized spacial score (nSPS) is 17.1. The van der Waals surface area contributed by atoms with E-state index in [4.69, 9.17) is 10.0 Å². The van der Waals surface area contributed by atoms with Crippen molar-refractivity contribution in [1.29, 1.82) is 0 Å². The monoisotopic (exact) mass is 269 g/mol. The smallest absolute Gasteiger partial charge is 0.423 e. The third-order valence-corrected chi connectivity index (χ3v) is 5.23. The van der Waals surface area contributed by atoms with Crippen molar-refractivity contribution in [3.8, 4) is 0 Å². The van der Waals surface area contributed by atoms with E-state index in [1.807, 2.05) is 0 Å². The van der Waals surface area contributed by atoms with Crippen LogP contribution < -0.4 is 5.46 Å². The zero-order chi connectivity index (χ0) is 13.3. The summed E-state index contributed by atoms with van der Waals surface area (Å²) in [6, 6.07) is 4.45. The summed E-state index contributed by atoms with van der Waals surface area (Å²) in [5, 5.41) is 18.2. The summed E-state index contributed by atoms with van der Waals surface area (Å²) >= 11 is 0. The number of hydrogen-bond acceptors (Lipinski definition) is 4. The minimum atomic E-state index is -3.51. The maximum atomic E-state index is 12.4. The second-order valence-corrected chi connectivity index (χ2v) is 6.42. The van der Waals surface area contributed by atoms with Crippen LogP contribution in [0, 0.1) is 6.92 Å². The van der Waals surface area contributed by atoms with Crippen molar-refractivity contribution >= 4 is 22.6 Å². The Labute approximate surface area is 107 Å². The first kappa shape index (κ1) is 13.5. The number of nitrogens with zero attached hydrogens (tertiary/aromatic N) is 1. The van der Waals surface area contributed by atoms with Crippen molar-refractivity contribution in [3.63, 3.8) is 0 Å². The summed E-state index contributed by atoms with van der Waals surface area (Å²) in [6.07, 6.45) is 1.75. The Balaban J connectivity index is 2.46. The minimum absolute atomic E-state index is 0.162. The Kier molecular flexibility index (Phi) is 3.77. The maximum absolute atomic E-state index is 12.4. The molecule has 1 fully saturated rings. The highest BCUT2D eigenvalue weighted by atomic mass is 32.2. The predicted molar refractivity (Wildman–Crippen MR) is 69.0 cm³/mol. The van der Waals surface area contributed by atoms with Gasteiger partial charge in [0, 0.05) is 13.1 Å². The highest BCUT2D eigenvalue weighted by Gasteiger charge is 2.29. The van der Waals surface area contributed by atoms with E-state index in [0.29, 0.717) is 18.7 Å². The van der Waals surface area contributed by atoms with E-state index in [2.05, 4.69) is 0 Å². The van der Waals surface area contributed by atoms with Crippen LogP contribution in [0.15, 0.2) is 23.1 Å². The van der Waals surface area contributed by atoms with E-state index in [9.17, 15) is 8.42 Å². The molecule has 0 radical (unpaired) electrons. The van der Waals surface area contributed by atoms with Crippen molar-refractivity contribution in [2.24, 2.45) is 0 Å². The summed E-state index contributed by atoms with van der Waals surface area (Å²) in [5.74, 6) is 0. The second kappa shape index (κ2) is 5.01. The molecule has 1 heterocycles. The van der Waals surface area contributed by atoms with Gasteiger partial charge in [-0.05, 0) is 36.9 Å². The molecule has 0 bridgehead atoms. The molecule has 0 aliphatic carbocycles. The van der Waals surface area contributed by atoms with Crippen LogP contribution in [0.5, 0.6) is 0 Å². The third kappa shape index (κ3) is 2.44. The van der Waals surface area contributed by atoms with E-state index in [0.717, 1.165) is 12.8 Å². The van der Waals surface area contributed by atoms with Gasteiger partial charge in [0.2, 0.25) is 10.0 Å². The molecule has 0 amide bonds. The largest absolute Gasteiger partial charge is 0.488 e. The predicted octanol–water partition coefficient (Wildman–Crippen LogP) is -0.541. The van der Waals surface area contributed by atoms with Gasteiger partial charge in [0.15, 0.2) is 0 Å². The summed E-state index contributed by atoms with van der Waals surface area (Å²) in [4.78, 5) is 0.162. The van der Waals surface area contributed by atoms with Gasteiger partial charge < -0.3 is 10.0 Å². The lowest BCUT2D eigenvalue weighted by Gasteiger charge is -2.17. The Morgan fingerprint density at radius 1 is 1.22 bits per heavy atom. The molecule has 2 rings (SSSR count). The number of hydrogen-bond donors (Lipinski definition) is 2. The molecule has 0 aromatic heterocycles. The molecule has 0 atom stereocenters. The quantitative estimate of drug-likeness (QED) is 0.722. The molecule has 7 heteroatoms. The Morgan fingerprint density at radius 2 is 1.83 bits per heavy atom. The van der Waals surface area contributed by atoms with Crippen LogP contribution in [0.1, 0.15) is 18.4 Å². The summed E-state index contributed by atoms with van der Waals surface area (Å²) in [5.41, 5.74) is 0.810. The first-order valence-corrected chi connectivity index (χ1v) is 7.34. The zero-order valence-corrected chi connectivity index (χ0v) is 11.0. The van der Waals surface area contributed by atoms with Gasteiger partial charge in [0.05, 0.1) is 4.90 Å². The van der Waals surface area contributed by atoms with Crippen molar-refractivity contribution < 1.29 is 18.5 Å². The zero-order valence-electron chi connectivity index (χ0n) is 10.2. The molecular formula is C11H16BNO4S. The average Bonchev–Trinajstić information content (AvgIpc) is 2.82. The SMILES string of the molecule is Cc1ccc(B(O)O)cc1S(=O)(=O)N1CCCC1. The number of benzene rings is 1. The summed E-state index contributed by atoms with van der Waals surface area (Å²) in [7, 11) is -5.17. The Hall–Kier alpha value is -0.885. The fraction of sp³-hybridized carbons (Fsp3) is 0.455. The first-order chi connectivity index (χ1) is 8.43. The summed E-state index contributed by atoms with van der Waals surface area (Å²) in [6.45, 7) is 2.78.